The van der Waals surface area contributed by atoms with Gasteiger partial charge < -0.3 is 19.9 Å². The maximum Gasteiger partial charge on any atom is 0.328 e. The van der Waals surface area contributed by atoms with Crippen LogP contribution in [-0.2, 0) is 19.2 Å². The fourth-order valence-corrected chi connectivity index (χ4v) is 6.56. The zero-order chi connectivity index (χ0) is 29.6. The van der Waals surface area contributed by atoms with Gasteiger partial charge in [0.25, 0.3) is 5.91 Å². The number of aryl methyl sites for hydroxylation is 1. The zero-order valence-electron chi connectivity index (χ0n) is 24.6. The molecule has 0 unspecified atom stereocenters. The largest absolute Gasteiger partial charge is 0.484 e. The lowest BCUT2D eigenvalue weighted by atomic mass is 9.88. The number of nitrogens with one attached hydrogen (secondary N) is 2. The number of carbonyl (C=O) groups excluding carboxylic acids is 5. The standard InChI is InChI=1S/C31H43N5O6/c1-21-7-8-25(19-26(21)36-18-13-27(37)33-31(36)41)42-20-28(38)34-14-9-23(10-15-34)30(40)35-16-11-24(12-17-35)32-29(39)22-5-3-2-4-6-22/h7-8,19,22-24H,2-6,9-18,20H2,1H3,(H,32,39)(H,33,37,41). The number of hydrogen-bond acceptors (Lipinski definition) is 6. The molecule has 1 aliphatic carbocycles. The summed E-state index contributed by atoms with van der Waals surface area (Å²) >= 11 is 0. The quantitative estimate of drug-likeness (QED) is 0.510. The molecule has 11 nitrogen and oxygen atoms in total. The lowest BCUT2D eigenvalue weighted by molar-refractivity contribution is -0.142. The summed E-state index contributed by atoms with van der Waals surface area (Å²) < 4.78 is 5.79. The number of likely N-dealkylation sites (tertiary alicyclic amines) is 2. The molecule has 228 valence electrons. The zero-order valence-corrected chi connectivity index (χ0v) is 24.6. The van der Waals surface area contributed by atoms with Crippen molar-refractivity contribution < 1.29 is 28.7 Å². The van der Waals surface area contributed by atoms with Crippen molar-refractivity contribution in [3.8, 4) is 5.75 Å². The molecular formula is C31H43N5O6. The van der Waals surface area contributed by atoms with E-state index in [0.29, 0.717) is 50.5 Å². The van der Waals surface area contributed by atoms with E-state index in [1.165, 1.54) is 11.3 Å². The van der Waals surface area contributed by atoms with Gasteiger partial charge in [-0.05, 0) is 57.1 Å². The van der Waals surface area contributed by atoms with Crippen molar-refractivity contribution in [2.24, 2.45) is 11.8 Å². The van der Waals surface area contributed by atoms with Crippen LogP contribution >= 0.6 is 0 Å². The second kappa shape index (κ2) is 13.6. The van der Waals surface area contributed by atoms with Gasteiger partial charge in [-0.1, -0.05) is 25.3 Å². The van der Waals surface area contributed by atoms with Crippen LogP contribution in [0.15, 0.2) is 18.2 Å². The second-order valence-electron chi connectivity index (χ2n) is 12.1. The molecule has 3 saturated heterocycles. The van der Waals surface area contributed by atoms with E-state index in [0.717, 1.165) is 44.1 Å². The molecule has 3 aliphatic heterocycles. The van der Waals surface area contributed by atoms with Gasteiger partial charge in [-0.3, -0.25) is 29.4 Å². The van der Waals surface area contributed by atoms with Crippen LogP contribution in [0.3, 0.4) is 0 Å². The van der Waals surface area contributed by atoms with Gasteiger partial charge in [0, 0.05) is 63.1 Å². The first-order valence-electron chi connectivity index (χ1n) is 15.5. The van der Waals surface area contributed by atoms with Gasteiger partial charge in [0.05, 0.1) is 5.69 Å². The lowest BCUT2D eigenvalue weighted by Gasteiger charge is -2.37. The molecule has 1 aromatic carbocycles. The molecule has 5 rings (SSSR count). The number of anilines is 1. The highest BCUT2D eigenvalue weighted by Gasteiger charge is 2.33. The number of benzene rings is 1. The van der Waals surface area contributed by atoms with E-state index >= 15 is 0 Å². The average Bonchev–Trinajstić information content (AvgIpc) is 3.01. The number of urea groups is 1. The van der Waals surface area contributed by atoms with E-state index in [2.05, 4.69) is 10.6 Å². The van der Waals surface area contributed by atoms with Crippen molar-refractivity contribution in [3.05, 3.63) is 23.8 Å². The minimum Gasteiger partial charge on any atom is -0.484 e. The van der Waals surface area contributed by atoms with Gasteiger partial charge in [-0.2, -0.15) is 0 Å². The third kappa shape index (κ3) is 7.22. The normalized spacial score (nSPS) is 21.2. The highest BCUT2D eigenvalue weighted by molar-refractivity contribution is 6.06. The maximum absolute atomic E-state index is 13.2. The molecule has 11 heteroatoms. The molecule has 1 aromatic rings. The van der Waals surface area contributed by atoms with E-state index in [9.17, 15) is 24.0 Å². The summed E-state index contributed by atoms with van der Waals surface area (Å²) in [5.74, 6) is 0.446. The highest BCUT2D eigenvalue weighted by Crippen LogP contribution is 2.28. The first-order valence-corrected chi connectivity index (χ1v) is 15.5. The number of rotatable bonds is 7. The molecule has 1 saturated carbocycles. The minimum absolute atomic E-state index is 0.0921. The number of carbonyl (C=O) groups is 5. The van der Waals surface area contributed by atoms with Crippen molar-refractivity contribution in [3.63, 3.8) is 0 Å². The van der Waals surface area contributed by atoms with Crippen LogP contribution in [0.5, 0.6) is 5.75 Å². The Bertz CT molecular complexity index is 1180. The van der Waals surface area contributed by atoms with Crippen molar-refractivity contribution in [1.82, 2.24) is 20.4 Å². The Kier molecular flexibility index (Phi) is 9.64. The molecule has 4 aliphatic rings. The van der Waals surface area contributed by atoms with Crippen LogP contribution in [0.2, 0.25) is 0 Å². The highest BCUT2D eigenvalue weighted by atomic mass is 16.5. The van der Waals surface area contributed by atoms with Gasteiger partial charge in [-0.25, -0.2) is 4.79 Å². The van der Waals surface area contributed by atoms with Gasteiger partial charge in [0.2, 0.25) is 17.7 Å². The maximum atomic E-state index is 13.2. The van der Waals surface area contributed by atoms with Crippen LogP contribution in [-0.4, -0.2) is 84.8 Å². The summed E-state index contributed by atoms with van der Waals surface area (Å²) in [6.45, 7) is 4.37. The Balaban J connectivity index is 1.03. The lowest BCUT2D eigenvalue weighted by Crippen LogP contribution is -2.50. The number of nitrogens with zero attached hydrogens (tertiary/aromatic N) is 3. The molecule has 0 bridgehead atoms. The van der Waals surface area contributed by atoms with Gasteiger partial charge >= 0.3 is 6.03 Å². The van der Waals surface area contributed by atoms with E-state index in [1.807, 2.05) is 17.9 Å². The Morgan fingerprint density at radius 3 is 2.26 bits per heavy atom. The van der Waals surface area contributed by atoms with E-state index in [-0.39, 0.29) is 61.1 Å². The minimum atomic E-state index is -0.467. The Hall–Kier alpha value is -3.63. The summed E-state index contributed by atoms with van der Waals surface area (Å²) in [6.07, 6.45) is 8.55. The molecule has 0 atom stereocenters. The number of imide groups is 1. The third-order valence-corrected chi connectivity index (χ3v) is 9.21. The number of hydrogen-bond donors (Lipinski definition) is 2. The summed E-state index contributed by atoms with van der Waals surface area (Å²) in [4.78, 5) is 67.6. The van der Waals surface area contributed by atoms with Crippen LogP contribution < -0.4 is 20.3 Å². The molecule has 4 fully saturated rings. The summed E-state index contributed by atoms with van der Waals surface area (Å²) in [5.41, 5.74) is 1.50. The monoisotopic (exact) mass is 581 g/mol. The topological polar surface area (TPSA) is 128 Å². The molecule has 0 radical (unpaired) electrons. The van der Waals surface area contributed by atoms with Crippen molar-refractivity contribution in [2.75, 3.05) is 44.2 Å². The SMILES string of the molecule is Cc1ccc(OCC(=O)N2CCC(C(=O)N3CCC(NC(=O)C4CCCCC4)CC3)CC2)cc1N1CCC(=O)NC1=O. The van der Waals surface area contributed by atoms with E-state index in [1.54, 1.807) is 17.0 Å². The average molecular weight is 582 g/mol. The van der Waals surface area contributed by atoms with Crippen LogP contribution in [0.25, 0.3) is 0 Å². The van der Waals surface area contributed by atoms with Crippen molar-refractivity contribution in [2.45, 2.75) is 77.2 Å². The van der Waals surface area contributed by atoms with Gasteiger partial charge in [-0.15, -0.1) is 0 Å². The first-order chi connectivity index (χ1) is 20.3. The van der Waals surface area contributed by atoms with Crippen LogP contribution in [0.1, 0.15) is 69.8 Å². The third-order valence-electron chi connectivity index (χ3n) is 9.21. The number of ether oxygens (including phenoxy) is 1. The first kappa shape index (κ1) is 29.8. The predicted molar refractivity (Wildman–Crippen MR) is 156 cm³/mol. The number of amides is 6. The molecule has 6 amide bonds. The van der Waals surface area contributed by atoms with E-state index in [4.69, 9.17) is 4.74 Å². The molecule has 0 spiro atoms. The fourth-order valence-electron chi connectivity index (χ4n) is 6.56. The Morgan fingerprint density at radius 1 is 0.881 bits per heavy atom. The summed E-state index contributed by atoms with van der Waals surface area (Å²) in [7, 11) is 0. The molecule has 3 heterocycles. The van der Waals surface area contributed by atoms with Crippen LogP contribution in [0, 0.1) is 18.8 Å². The molecular weight excluding hydrogens is 538 g/mol. The van der Waals surface area contributed by atoms with Crippen molar-refractivity contribution >= 4 is 35.3 Å². The smallest absolute Gasteiger partial charge is 0.328 e. The van der Waals surface area contributed by atoms with E-state index < -0.39 is 6.03 Å². The predicted octanol–water partition coefficient (Wildman–Crippen LogP) is 2.75. The Labute approximate surface area is 247 Å². The van der Waals surface area contributed by atoms with Crippen molar-refractivity contribution in [1.29, 1.82) is 0 Å². The second-order valence-corrected chi connectivity index (χ2v) is 12.1. The fraction of sp³-hybridized carbons (Fsp3) is 0.645. The summed E-state index contributed by atoms with van der Waals surface area (Å²) in [6, 6.07) is 4.98. The molecule has 42 heavy (non-hydrogen) atoms. The molecule has 0 aromatic heterocycles. The number of piperidine rings is 2. The van der Waals surface area contributed by atoms with Crippen LogP contribution in [0.4, 0.5) is 10.5 Å². The Morgan fingerprint density at radius 2 is 1.57 bits per heavy atom. The molecule has 2 N–H and O–H groups in total. The summed E-state index contributed by atoms with van der Waals surface area (Å²) in [5, 5.41) is 5.55. The van der Waals surface area contributed by atoms with Gasteiger partial charge in [0.1, 0.15) is 5.75 Å². The van der Waals surface area contributed by atoms with Gasteiger partial charge in [0.15, 0.2) is 6.61 Å².